The van der Waals surface area contributed by atoms with Crippen LogP contribution in [-0.4, -0.2) is 30.5 Å². The molecule has 0 bridgehead atoms. The van der Waals surface area contributed by atoms with Crippen LogP contribution in [0.4, 0.5) is 10.1 Å². The van der Waals surface area contributed by atoms with Crippen molar-refractivity contribution >= 4 is 15.8 Å². The summed E-state index contributed by atoms with van der Waals surface area (Å²) in [6.07, 6.45) is 1.48. The number of halogens is 1. The van der Waals surface area contributed by atoms with E-state index in [0.717, 1.165) is 12.5 Å². The smallest absolute Gasteiger partial charge is 0.297 e. The van der Waals surface area contributed by atoms with E-state index in [0.29, 0.717) is 47.7 Å². The van der Waals surface area contributed by atoms with Gasteiger partial charge in [0.15, 0.2) is 0 Å². The summed E-state index contributed by atoms with van der Waals surface area (Å²) in [6, 6.07) is 9.54. The molecule has 0 amide bonds. The van der Waals surface area contributed by atoms with E-state index in [-0.39, 0.29) is 29.1 Å². The number of benzene rings is 2. The molecule has 3 aromatic rings. The van der Waals surface area contributed by atoms with Crippen LogP contribution in [0.5, 0.6) is 0 Å². The Balaban J connectivity index is 1.38. The quantitative estimate of drug-likeness (QED) is 0.232. The maximum Gasteiger partial charge on any atom is 0.297 e. The van der Waals surface area contributed by atoms with Crippen LogP contribution in [-0.2, 0) is 25.6 Å². The molecule has 0 saturated heterocycles. The molecule has 186 valence electrons. The van der Waals surface area contributed by atoms with Gasteiger partial charge in [0.25, 0.3) is 15.8 Å². The number of hydrogen-bond acceptors (Lipinski definition) is 8. The van der Waals surface area contributed by atoms with Crippen molar-refractivity contribution in [3.63, 3.8) is 0 Å². The van der Waals surface area contributed by atoms with Gasteiger partial charge in [-0.05, 0) is 63.4 Å². The molecule has 1 aliphatic carbocycles. The highest BCUT2D eigenvalue weighted by molar-refractivity contribution is 7.86. The number of hydrogen-bond donors (Lipinski definition) is 0. The number of nitro groups is 1. The number of aryl methyl sites for hydroxylation is 2. The van der Waals surface area contributed by atoms with E-state index < -0.39 is 21.1 Å². The van der Waals surface area contributed by atoms with Crippen LogP contribution >= 0.6 is 0 Å². The number of oxazole rings is 1. The second kappa shape index (κ2) is 10.2. The molecular weight excluding hydrogens is 479 g/mol. The third kappa shape index (κ3) is 5.92. The van der Waals surface area contributed by atoms with Gasteiger partial charge in [0, 0.05) is 23.6 Å². The lowest BCUT2D eigenvalue weighted by Gasteiger charge is -2.28. The predicted molar refractivity (Wildman–Crippen MR) is 124 cm³/mol. The lowest BCUT2D eigenvalue weighted by molar-refractivity contribution is -0.385. The molecule has 35 heavy (non-hydrogen) atoms. The Hall–Kier alpha value is -3.15. The minimum absolute atomic E-state index is 0.171. The first-order valence-electron chi connectivity index (χ1n) is 11.1. The molecule has 0 aliphatic heterocycles. The first kappa shape index (κ1) is 25.0. The monoisotopic (exact) mass is 504 g/mol. The van der Waals surface area contributed by atoms with E-state index in [9.17, 15) is 22.9 Å². The Kier molecular flexibility index (Phi) is 7.29. The maximum atomic E-state index is 13.2. The predicted octanol–water partition coefficient (Wildman–Crippen LogP) is 5.24. The molecule has 0 N–H and O–H groups in total. The minimum Gasteiger partial charge on any atom is -0.441 e. The van der Waals surface area contributed by atoms with Gasteiger partial charge in [0.1, 0.15) is 22.2 Å². The van der Waals surface area contributed by atoms with Crippen LogP contribution in [0.25, 0.3) is 11.5 Å². The number of nitrogens with zero attached hydrogens (tertiary/aromatic N) is 2. The number of rotatable bonds is 8. The van der Waals surface area contributed by atoms with Gasteiger partial charge in [-0.3, -0.25) is 14.3 Å². The Morgan fingerprint density at radius 2 is 1.86 bits per heavy atom. The second-order valence-electron chi connectivity index (χ2n) is 8.51. The van der Waals surface area contributed by atoms with Crippen molar-refractivity contribution in [2.45, 2.75) is 63.2 Å². The molecule has 9 nitrogen and oxygen atoms in total. The summed E-state index contributed by atoms with van der Waals surface area (Å²) in [5.74, 6) is 0.595. The van der Waals surface area contributed by atoms with E-state index in [4.69, 9.17) is 13.3 Å². The lowest BCUT2D eigenvalue weighted by atomic mass is 9.95. The van der Waals surface area contributed by atoms with Crippen molar-refractivity contribution in [1.29, 1.82) is 0 Å². The van der Waals surface area contributed by atoms with Crippen molar-refractivity contribution in [3.05, 3.63) is 75.4 Å². The van der Waals surface area contributed by atoms with Gasteiger partial charge >= 0.3 is 0 Å². The SMILES string of the molecule is Cc1ccc(S(=O)(=O)O[C@@H]2CCC[C@H](OCc3nc(-c4ccc(F)cc4)oc3C)C2)cc1[N+](=O)[O-]. The van der Waals surface area contributed by atoms with Crippen molar-refractivity contribution in [1.82, 2.24) is 4.98 Å². The summed E-state index contributed by atoms with van der Waals surface area (Å²) >= 11 is 0. The molecule has 1 aromatic heterocycles. The summed E-state index contributed by atoms with van der Waals surface area (Å²) < 4.78 is 55.7. The van der Waals surface area contributed by atoms with Gasteiger partial charge in [-0.25, -0.2) is 9.37 Å². The maximum absolute atomic E-state index is 13.2. The minimum atomic E-state index is -4.17. The fourth-order valence-corrected chi connectivity index (χ4v) is 5.13. The molecule has 4 rings (SSSR count). The zero-order chi connectivity index (χ0) is 25.2. The number of ether oxygens (including phenoxy) is 1. The zero-order valence-electron chi connectivity index (χ0n) is 19.3. The average molecular weight is 505 g/mol. The van der Waals surface area contributed by atoms with Gasteiger partial charge in [-0.1, -0.05) is 6.07 Å². The number of nitro benzene ring substituents is 1. The Morgan fingerprint density at radius 1 is 1.14 bits per heavy atom. The summed E-state index contributed by atoms with van der Waals surface area (Å²) in [5.41, 5.74) is 1.34. The van der Waals surface area contributed by atoms with Crippen LogP contribution < -0.4 is 0 Å². The van der Waals surface area contributed by atoms with Crippen molar-refractivity contribution in [2.75, 3.05) is 0 Å². The highest BCUT2D eigenvalue weighted by Crippen LogP contribution is 2.30. The normalized spacial score (nSPS) is 18.5. The molecule has 1 aliphatic rings. The molecular formula is C24H25FN2O7S. The van der Waals surface area contributed by atoms with E-state index in [1.54, 1.807) is 19.1 Å². The van der Waals surface area contributed by atoms with Gasteiger partial charge < -0.3 is 9.15 Å². The van der Waals surface area contributed by atoms with E-state index in [2.05, 4.69) is 4.98 Å². The topological polar surface area (TPSA) is 122 Å². The molecule has 1 fully saturated rings. The second-order valence-corrected chi connectivity index (χ2v) is 10.1. The van der Waals surface area contributed by atoms with E-state index in [1.165, 1.54) is 31.2 Å². The van der Waals surface area contributed by atoms with Crippen LogP contribution in [0.1, 0.15) is 42.7 Å². The third-order valence-corrected chi connectivity index (χ3v) is 7.30. The summed E-state index contributed by atoms with van der Waals surface area (Å²) in [7, 11) is -4.17. The summed E-state index contributed by atoms with van der Waals surface area (Å²) in [4.78, 5) is 14.7. The van der Waals surface area contributed by atoms with Crippen LogP contribution in [0, 0.1) is 29.8 Å². The largest absolute Gasteiger partial charge is 0.441 e. The first-order chi connectivity index (χ1) is 16.6. The van der Waals surface area contributed by atoms with Gasteiger partial charge in [-0.2, -0.15) is 8.42 Å². The Labute approximate surface area is 202 Å². The summed E-state index contributed by atoms with van der Waals surface area (Å²) in [5, 5.41) is 11.2. The molecule has 2 atom stereocenters. The van der Waals surface area contributed by atoms with Gasteiger partial charge in [0.2, 0.25) is 5.89 Å². The summed E-state index contributed by atoms with van der Waals surface area (Å²) in [6.45, 7) is 3.47. The third-order valence-electron chi connectivity index (χ3n) is 5.95. The highest BCUT2D eigenvalue weighted by atomic mass is 32.2. The Morgan fingerprint density at radius 3 is 2.57 bits per heavy atom. The molecule has 1 heterocycles. The molecule has 0 radical (unpaired) electrons. The van der Waals surface area contributed by atoms with E-state index in [1.807, 2.05) is 0 Å². The van der Waals surface area contributed by atoms with Gasteiger partial charge in [-0.15, -0.1) is 0 Å². The van der Waals surface area contributed by atoms with Crippen LogP contribution in [0.15, 0.2) is 51.8 Å². The highest BCUT2D eigenvalue weighted by Gasteiger charge is 2.30. The molecule has 0 unspecified atom stereocenters. The van der Waals surface area contributed by atoms with Crippen molar-refractivity contribution < 1.29 is 31.1 Å². The standard InChI is InChI=1S/C24H25FN2O7S/c1-15-6-11-21(13-23(15)27(28)29)35(30,31)34-20-5-3-4-19(12-20)32-14-22-16(2)33-24(26-22)17-7-9-18(25)10-8-17/h6-11,13,19-20H,3-5,12,14H2,1-2H3/t19-,20+/m0/s1. The van der Waals surface area contributed by atoms with Crippen LogP contribution in [0.2, 0.25) is 0 Å². The molecule has 0 spiro atoms. The fraction of sp³-hybridized carbons (Fsp3) is 0.375. The zero-order valence-corrected chi connectivity index (χ0v) is 20.1. The fourth-order valence-electron chi connectivity index (χ4n) is 3.99. The lowest BCUT2D eigenvalue weighted by Crippen LogP contribution is -2.30. The molecule has 2 aromatic carbocycles. The first-order valence-corrected chi connectivity index (χ1v) is 12.6. The Bertz CT molecular complexity index is 1320. The van der Waals surface area contributed by atoms with Crippen LogP contribution in [0.3, 0.4) is 0 Å². The van der Waals surface area contributed by atoms with E-state index >= 15 is 0 Å². The van der Waals surface area contributed by atoms with Crippen molar-refractivity contribution in [3.8, 4) is 11.5 Å². The average Bonchev–Trinajstić information content (AvgIpc) is 3.18. The van der Waals surface area contributed by atoms with Gasteiger partial charge in [0.05, 0.1) is 23.7 Å². The molecule has 11 heteroatoms. The number of aromatic nitrogens is 1. The van der Waals surface area contributed by atoms with Crippen molar-refractivity contribution in [2.24, 2.45) is 0 Å². The molecule has 1 saturated carbocycles.